The van der Waals surface area contributed by atoms with Crippen molar-refractivity contribution >= 4 is 40.9 Å². The van der Waals surface area contributed by atoms with Crippen molar-refractivity contribution in [3.8, 4) is 0 Å². The maximum absolute atomic E-state index is 13.0. The lowest BCUT2D eigenvalue weighted by Crippen LogP contribution is -2.36. The molecule has 2 aliphatic heterocycles. The van der Waals surface area contributed by atoms with Crippen molar-refractivity contribution in [1.82, 2.24) is 10.2 Å². The van der Waals surface area contributed by atoms with Crippen LogP contribution in [-0.4, -0.2) is 53.8 Å². The molecule has 33 heavy (non-hydrogen) atoms. The second-order valence-corrected chi connectivity index (χ2v) is 8.82. The van der Waals surface area contributed by atoms with Gasteiger partial charge in [-0.05, 0) is 63.1 Å². The summed E-state index contributed by atoms with van der Waals surface area (Å²) in [6, 6.07) is 8.85. The van der Waals surface area contributed by atoms with Gasteiger partial charge in [0, 0.05) is 23.2 Å². The number of carbonyl (C=O) groups is 4. The van der Waals surface area contributed by atoms with E-state index in [1.54, 1.807) is 6.07 Å². The normalized spacial score (nSPS) is 17.5. The average molecular weight is 470 g/mol. The van der Waals surface area contributed by atoms with E-state index in [1.807, 2.05) is 13.8 Å². The molecular weight excluding hydrogens is 446 g/mol. The lowest BCUT2D eigenvalue weighted by molar-refractivity contribution is 0.0475. The van der Waals surface area contributed by atoms with Gasteiger partial charge >= 0.3 is 0 Å². The first-order chi connectivity index (χ1) is 15.7. The van der Waals surface area contributed by atoms with E-state index >= 15 is 0 Å². The summed E-state index contributed by atoms with van der Waals surface area (Å²) in [5.74, 6) is -1.71. The number of ether oxygens (including phenoxy) is 1. The van der Waals surface area contributed by atoms with E-state index in [1.165, 1.54) is 35.2 Å². The minimum atomic E-state index is -0.531. The number of anilines is 1. The molecule has 0 aromatic heterocycles. The molecular formula is C24H24ClN3O5. The zero-order valence-corrected chi connectivity index (χ0v) is 19.1. The van der Waals surface area contributed by atoms with Crippen molar-refractivity contribution in [3.63, 3.8) is 0 Å². The monoisotopic (exact) mass is 469 g/mol. The molecule has 1 unspecified atom stereocenters. The number of imide groups is 1. The van der Waals surface area contributed by atoms with Gasteiger partial charge < -0.3 is 15.4 Å². The predicted molar refractivity (Wildman–Crippen MR) is 123 cm³/mol. The van der Waals surface area contributed by atoms with Crippen LogP contribution in [0.3, 0.4) is 0 Å². The van der Waals surface area contributed by atoms with E-state index < -0.39 is 11.8 Å². The summed E-state index contributed by atoms with van der Waals surface area (Å²) in [5, 5.41) is 5.83. The predicted octanol–water partition coefficient (Wildman–Crippen LogP) is 3.51. The maximum Gasteiger partial charge on any atom is 0.261 e. The summed E-state index contributed by atoms with van der Waals surface area (Å²) >= 11 is 6.07. The Kier molecular flexibility index (Phi) is 6.49. The molecule has 2 aliphatic rings. The Morgan fingerprint density at radius 3 is 2.55 bits per heavy atom. The topological polar surface area (TPSA) is 105 Å². The molecule has 4 amide bonds. The second kappa shape index (κ2) is 9.33. The molecule has 0 saturated carbocycles. The third-order valence-corrected chi connectivity index (χ3v) is 5.77. The van der Waals surface area contributed by atoms with Crippen LogP contribution in [0, 0.1) is 0 Å². The van der Waals surface area contributed by atoms with Crippen molar-refractivity contribution in [3.05, 3.63) is 63.7 Å². The first-order valence-corrected chi connectivity index (χ1v) is 11.2. The van der Waals surface area contributed by atoms with Gasteiger partial charge in [0.1, 0.15) is 0 Å². The SMILES string of the molecule is CC(C)NC(=O)c1ccc(Cl)cc1NC(=O)c1ccc2c(c1)C(=O)N(CC1CCCO1)C2=O. The molecule has 1 fully saturated rings. The number of benzene rings is 2. The van der Waals surface area contributed by atoms with Crippen molar-refractivity contribution in [2.75, 3.05) is 18.5 Å². The van der Waals surface area contributed by atoms with Crippen LogP contribution >= 0.6 is 11.6 Å². The zero-order valence-electron chi connectivity index (χ0n) is 18.3. The average Bonchev–Trinajstić information content (AvgIpc) is 3.36. The summed E-state index contributed by atoms with van der Waals surface area (Å²) in [4.78, 5) is 52.2. The summed E-state index contributed by atoms with van der Waals surface area (Å²) in [6.07, 6.45) is 1.54. The Hall–Kier alpha value is -3.23. The van der Waals surface area contributed by atoms with Crippen LogP contribution in [0.15, 0.2) is 36.4 Å². The molecule has 2 aromatic rings. The van der Waals surface area contributed by atoms with Crippen LogP contribution < -0.4 is 10.6 Å². The van der Waals surface area contributed by atoms with Gasteiger partial charge in [-0.25, -0.2) is 0 Å². The third-order valence-electron chi connectivity index (χ3n) is 5.54. The van der Waals surface area contributed by atoms with Crippen LogP contribution in [-0.2, 0) is 4.74 Å². The highest BCUT2D eigenvalue weighted by Gasteiger charge is 2.38. The van der Waals surface area contributed by atoms with Gasteiger partial charge in [0.2, 0.25) is 0 Å². The molecule has 8 nitrogen and oxygen atoms in total. The number of halogens is 1. The number of hydrogen-bond donors (Lipinski definition) is 2. The summed E-state index contributed by atoms with van der Waals surface area (Å²) in [6.45, 7) is 4.48. The lowest BCUT2D eigenvalue weighted by Gasteiger charge is -2.17. The molecule has 2 aromatic carbocycles. The fourth-order valence-corrected chi connectivity index (χ4v) is 4.11. The first-order valence-electron chi connectivity index (χ1n) is 10.8. The quantitative estimate of drug-likeness (QED) is 0.630. The lowest BCUT2D eigenvalue weighted by atomic mass is 10.0. The largest absolute Gasteiger partial charge is 0.376 e. The van der Waals surface area contributed by atoms with Crippen LogP contribution in [0.2, 0.25) is 5.02 Å². The third kappa shape index (κ3) is 4.77. The molecule has 2 N–H and O–H groups in total. The van der Waals surface area contributed by atoms with Gasteiger partial charge in [-0.15, -0.1) is 0 Å². The van der Waals surface area contributed by atoms with E-state index in [2.05, 4.69) is 10.6 Å². The number of rotatable bonds is 6. The highest BCUT2D eigenvalue weighted by molar-refractivity contribution is 6.31. The Morgan fingerprint density at radius 1 is 1.09 bits per heavy atom. The van der Waals surface area contributed by atoms with Crippen molar-refractivity contribution in [1.29, 1.82) is 0 Å². The van der Waals surface area contributed by atoms with Crippen molar-refractivity contribution in [2.45, 2.75) is 38.8 Å². The van der Waals surface area contributed by atoms with Gasteiger partial charge in [-0.1, -0.05) is 11.6 Å². The molecule has 4 rings (SSSR count). The van der Waals surface area contributed by atoms with Gasteiger partial charge in [-0.2, -0.15) is 0 Å². The highest BCUT2D eigenvalue weighted by Crippen LogP contribution is 2.27. The zero-order chi connectivity index (χ0) is 23.7. The van der Waals surface area contributed by atoms with Gasteiger partial charge in [0.15, 0.2) is 0 Å². The van der Waals surface area contributed by atoms with Gasteiger partial charge in [0.25, 0.3) is 23.6 Å². The minimum Gasteiger partial charge on any atom is -0.376 e. The molecule has 0 bridgehead atoms. The molecule has 1 atom stereocenters. The van der Waals surface area contributed by atoms with Crippen molar-refractivity contribution in [2.24, 2.45) is 0 Å². The molecule has 0 spiro atoms. The van der Waals surface area contributed by atoms with Gasteiger partial charge in [-0.3, -0.25) is 24.1 Å². The molecule has 172 valence electrons. The van der Waals surface area contributed by atoms with Crippen LogP contribution in [0.25, 0.3) is 0 Å². The number of hydrogen-bond acceptors (Lipinski definition) is 5. The molecule has 0 radical (unpaired) electrons. The number of fused-ring (bicyclic) bond motifs is 1. The smallest absolute Gasteiger partial charge is 0.261 e. The molecule has 0 aliphatic carbocycles. The Labute approximate surface area is 196 Å². The van der Waals surface area contributed by atoms with Gasteiger partial charge in [0.05, 0.1) is 35.0 Å². The van der Waals surface area contributed by atoms with E-state index in [9.17, 15) is 19.2 Å². The van der Waals surface area contributed by atoms with E-state index in [-0.39, 0.29) is 58.4 Å². The van der Waals surface area contributed by atoms with Crippen molar-refractivity contribution < 1.29 is 23.9 Å². The Balaban J connectivity index is 1.55. The second-order valence-electron chi connectivity index (χ2n) is 8.39. The summed E-state index contributed by atoms with van der Waals surface area (Å²) in [7, 11) is 0. The summed E-state index contributed by atoms with van der Waals surface area (Å²) < 4.78 is 5.55. The highest BCUT2D eigenvalue weighted by atomic mass is 35.5. The maximum atomic E-state index is 13.0. The molecule has 2 heterocycles. The fraction of sp³-hybridized carbons (Fsp3) is 0.333. The van der Waals surface area contributed by atoms with E-state index in [0.29, 0.717) is 11.6 Å². The first kappa shape index (κ1) is 22.9. The number of nitrogens with one attached hydrogen (secondary N) is 2. The van der Waals surface area contributed by atoms with Crippen LogP contribution in [0.4, 0.5) is 5.69 Å². The number of amides is 4. The number of nitrogens with zero attached hydrogens (tertiary/aromatic N) is 1. The number of carbonyl (C=O) groups excluding carboxylic acids is 4. The standard InChI is InChI=1S/C24H24ClN3O5/c1-13(2)26-22(30)18-8-6-15(25)11-20(18)27-21(29)14-5-7-17-19(10-14)24(32)28(23(17)31)12-16-4-3-9-33-16/h5-8,10-11,13,16H,3-4,9,12H2,1-2H3,(H,26,30)(H,27,29). The fourth-order valence-electron chi connectivity index (χ4n) is 3.94. The van der Waals surface area contributed by atoms with Crippen LogP contribution in [0.5, 0.6) is 0 Å². The van der Waals surface area contributed by atoms with E-state index in [4.69, 9.17) is 16.3 Å². The Morgan fingerprint density at radius 2 is 1.85 bits per heavy atom. The molecule has 1 saturated heterocycles. The minimum absolute atomic E-state index is 0.0884. The van der Waals surface area contributed by atoms with Crippen LogP contribution in [0.1, 0.15) is 68.1 Å². The Bertz CT molecular complexity index is 1140. The summed E-state index contributed by atoms with van der Waals surface area (Å²) in [5.41, 5.74) is 1.12. The van der Waals surface area contributed by atoms with E-state index in [0.717, 1.165) is 12.8 Å². The molecule has 9 heteroatoms.